The van der Waals surface area contributed by atoms with Crippen molar-refractivity contribution < 1.29 is 9.47 Å². The molecule has 1 atom stereocenters. The Morgan fingerprint density at radius 3 is 2.65 bits per heavy atom. The minimum absolute atomic E-state index is 0.102. The van der Waals surface area contributed by atoms with Crippen LogP contribution in [-0.4, -0.2) is 49.0 Å². The summed E-state index contributed by atoms with van der Waals surface area (Å²) in [5, 5.41) is 6.60. The zero-order valence-electron chi connectivity index (χ0n) is 11.9. The van der Waals surface area contributed by atoms with Crippen LogP contribution in [0.3, 0.4) is 0 Å². The third-order valence-electron chi connectivity index (χ3n) is 3.44. The number of hydrogen-bond acceptors (Lipinski definition) is 6. The largest absolute Gasteiger partial charge is 0.376 e. The van der Waals surface area contributed by atoms with Crippen LogP contribution in [0.4, 0.5) is 11.6 Å². The standard InChI is InChI=1S/C14H22N4O2/c1-2-15-12-7-13(18-14(17-12)10-3-4-10)16-8-11-9-19-5-6-20-11/h7,10-11H,2-6,8-9H2,1H3,(H2,15,16,17,18). The predicted octanol–water partition coefficient (Wildman–Crippen LogP) is 1.61. The Hall–Kier alpha value is -1.40. The summed E-state index contributed by atoms with van der Waals surface area (Å²) in [5.41, 5.74) is 0. The highest BCUT2D eigenvalue weighted by atomic mass is 16.6. The minimum atomic E-state index is 0.102. The predicted molar refractivity (Wildman–Crippen MR) is 77.2 cm³/mol. The van der Waals surface area contributed by atoms with Crippen molar-refractivity contribution in [3.8, 4) is 0 Å². The van der Waals surface area contributed by atoms with Gasteiger partial charge in [-0.05, 0) is 19.8 Å². The molecule has 2 fully saturated rings. The van der Waals surface area contributed by atoms with Crippen LogP contribution < -0.4 is 10.6 Å². The second kappa shape index (κ2) is 6.37. The highest BCUT2D eigenvalue weighted by Gasteiger charge is 2.27. The lowest BCUT2D eigenvalue weighted by Gasteiger charge is -2.23. The molecule has 2 aliphatic rings. The van der Waals surface area contributed by atoms with Gasteiger partial charge in [0.25, 0.3) is 0 Å². The lowest BCUT2D eigenvalue weighted by molar-refractivity contribution is -0.0819. The topological polar surface area (TPSA) is 68.3 Å². The molecule has 0 spiro atoms. The van der Waals surface area contributed by atoms with Gasteiger partial charge < -0.3 is 20.1 Å². The van der Waals surface area contributed by atoms with Gasteiger partial charge in [0.05, 0.1) is 25.9 Å². The molecule has 1 aliphatic heterocycles. The molecular weight excluding hydrogens is 256 g/mol. The van der Waals surface area contributed by atoms with E-state index in [1.807, 2.05) is 6.07 Å². The molecule has 1 aromatic rings. The second-order valence-electron chi connectivity index (χ2n) is 5.25. The van der Waals surface area contributed by atoms with Gasteiger partial charge in [0, 0.05) is 25.1 Å². The first-order chi connectivity index (χ1) is 9.85. The van der Waals surface area contributed by atoms with E-state index in [1.165, 1.54) is 12.8 Å². The maximum atomic E-state index is 5.62. The Morgan fingerprint density at radius 2 is 2.00 bits per heavy atom. The van der Waals surface area contributed by atoms with E-state index in [1.54, 1.807) is 0 Å². The lowest BCUT2D eigenvalue weighted by atomic mass is 10.3. The summed E-state index contributed by atoms with van der Waals surface area (Å²) in [5.74, 6) is 3.26. The summed E-state index contributed by atoms with van der Waals surface area (Å²) < 4.78 is 11.0. The maximum absolute atomic E-state index is 5.62. The highest BCUT2D eigenvalue weighted by molar-refractivity contribution is 5.48. The molecule has 1 unspecified atom stereocenters. The maximum Gasteiger partial charge on any atom is 0.136 e. The van der Waals surface area contributed by atoms with Gasteiger partial charge in [0.2, 0.25) is 0 Å². The van der Waals surface area contributed by atoms with Crippen LogP contribution in [0.5, 0.6) is 0 Å². The summed E-state index contributed by atoms with van der Waals surface area (Å²) in [6.45, 7) is 5.66. The third kappa shape index (κ3) is 3.58. The second-order valence-corrected chi connectivity index (χ2v) is 5.25. The quantitative estimate of drug-likeness (QED) is 0.824. The molecule has 3 rings (SSSR count). The number of aromatic nitrogens is 2. The minimum Gasteiger partial charge on any atom is -0.376 e. The smallest absolute Gasteiger partial charge is 0.136 e. The van der Waals surface area contributed by atoms with E-state index < -0.39 is 0 Å². The van der Waals surface area contributed by atoms with Gasteiger partial charge in [-0.3, -0.25) is 0 Å². The van der Waals surface area contributed by atoms with Crippen molar-refractivity contribution in [2.24, 2.45) is 0 Å². The van der Waals surface area contributed by atoms with Crippen molar-refractivity contribution in [2.75, 3.05) is 43.5 Å². The van der Waals surface area contributed by atoms with Crippen LogP contribution in [-0.2, 0) is 9.47 Å². The van der Waals surface area contributed by atoms with Crippen LogP contribution in [0.15, 0.2) is 6.07 Å². The summed E-state index contributed by atoms with van der Waals surface area (Å²) in [6.07, 6.45) is 2.51. The van der Waals surface area contributed by atoms with Crippen molar-refractivity contribution in [1.82, 2.24) is 9.97 Å². The molecule has 1 saturated carbocycles. The van der Waals surface area contributed by atoms with Crippen LogP contribution in [0.1, 0.15) is 31.5 Å². The molecule has 0 radical (unpaired) electrons. The van der Waals surface area contributed by atoms with Crippen LogP contribution in [0.2, 0.25) is 0 Å². The fourth-order valence-corrected chi connectivity index (χ4v) is 2.23. The van der Waals surface area contributed by atoms with Crippen LogP contribution in [0, 0.1) is 0 Å². The van der Waals surface area contributed by atoms with Crippen molar-refractivity contribution in [3.63, 3.8) is 0 Å². The average molecular weight is 278 g/mol. The Morgan fingerprint density at radius 1 is 1.20 bits per heavy atom. The summed E-state index contributed by atoms with van der Waals surface area (Å²) in [4.78, 5) is 9.17. The molecule has 6 heteroatoms. The fraction of sp³-hybridized carbons (Fsp3) is 0.714. The van der Waals surface area contributed by atoms with Crippen LogP contribution >= 0.6 is 0 Å². The molecule has 20 heavy (non-hydrogen) atoms. The highest BCUT2D eigenvalue weighted by Crippen LogP contribution is 2.38. The van der Waals surface area contributed by atoms with E-state index in [9.17, 15) is 0 Å². The summed E-state index contributed by atoms with van der Waals surface area (Å²) in [7, 11) is 0. The summed E-state index contributed by atoms with van der Waals surface area (Å²) >= 11 is 0. The van der Waals surface area contributed by atoms with E-state index in [2.05, 4.69) is 27.5 Å². The molecule has 110 valence electrons. The number of anilines is 2. The number of rotatable bonds is 6. The average Bonchev–Trinajstić information content (AvgIpc) is 3.31. The molecule has 1 aliphatic carbocycles. The number of ether oxygens (including phenoxy) is 2. The molecule has 0 aromatic carbocycles. The van der Waals surface area contributed by atoms with Gasteiger partial charge in [-0.2, -0.15) is 0 Å². The van der Waals surface area contributed by atoms with Gasteiger partial charge in [-0.25, -0.2) is 9.97 Å². The Labute approximate surface area is 119 Å². The van der Waals surface area contributed by atoms with Gasteiger partial charge in [0.1, 0.15) is 17.5 Å². The van der Waals surface area contributed by atoms with Crippen molar-refractivity contribution in [2.45, 2.75) is 31.8 Å². The molecule has 1 saturated heterocycles. The first-order valence-corrected chi connectivity index (χ1v) is 7.41. The molecule has 2 N–H and O–H groups in total. The molecule has 6 nitrogen and oxygen atoms in total. The lowest BCUT2D eigenvalue weighted by Crippen LogP contribution is -2.34. The van der Waals surface area contributed by atoms with Gasteiger partial charge >= 0.3 is 0 Å². The zero-order valence-corrected chi connectivity index (χ0v) is 11.9. The molecular formula is C14H22N4O2. The number of nitrogens with zero attached hydrogens (tertiary/aromatic N) is 2. The van der Waals surface area contributed by atoms with E-state index in [0.717, 1.165) is 24.0 Å². The Kier molecular flexibility index (Phi) is 4.32. The third-order valence-corrected chi connectivity index (χ3v) is 3.44. The van der Waals surface area contributed by atoms with E-state index in [4.69, 9.17) is 9.47 Å². The Bertz CT molecular complexity index is 445. The molecule has 2 heterocycles. The van der Waals surface area contributed by atoms with Crippen molar-refractivity contribution in [1.29, 1.82) is 0 Å². The monoisotopic (exact) mass is 278 g/mol. The van der Waals surface area contributed by atoms with E-state index >= 15 is 0 Å². The van der Waals surface area contributed by atoms with Gasteiger partial charge in [-0.15, -0.1) is 0 Å². The zero-order chi connectivity index (χ0) is 13.8. The molecule has 0 amide bonds. The first kappa shape index (κ1) is 13.6. The van der Waals surface area contributed by atoms with Gasteiger partial charge in [0.15, 0.2) is 0 Å². The number of nitrogens with one attached hydrogen (secondary N) is 2. The first-order valence-electron chi connectivity index (χ1n) is 7.41. The van der Waals surface area contributed by atoms with Gasteiger partial charge in [-0.1, -0.05) is 0 Å². The summed E-state index contributed by atoms with van der Waals surface area (Å²) in [6, 6.07) is 1.96. The van der Waals surface area contributed by atoms with Crippen molar-refractivity contribution >= 4 is 11.6 Å². The fourth-order valence-electron chi connectivity index (χ4n) is 2.23. The Balaban J connectivity index is 1.64. The van der Waals surface area contributed by atoms with Crippen molar-refractivity contribution in [3.05, 3.63) is 11.9 Å². The molecule has 1 aromatic heterocycles. The van der Waals surface area contributed by atoms with E-state index in [-0.39, 0.29) is 6.10 Å². The van der Waals surface area contributed by atoms with E-state index in [0.29, 0.717) is 32.3 Å². The normalized spacial score (nSPS) is 22.6. The number of hydrogen-bond donors (Lipinski definition) is 2. The van der Waals surface area contributed by atoms with Crippen LogP contribution in [0.25, 0.3) is 0 Å². The molecule has 0 bridgehead atoms. The SMILES string of the molecule is CCNc1cc(NCC2COCCO2)nc(C2CC2)n1.